The monoisotopic (exact) mass is 1080 g/mol. The summed E-state index contributed by atoms with van der Waals surface area (Å²) in [5, 5.41) is 25.9. The molecule has 1 N–H and O–H groups in total. The van der Waals surface area contributed by atoms with E-state index in [1.54, 1.807) is 80.7 Å². The van der Waals surface area contributed by atoms with Gasteiger partial charge in [0.15, 0.2) is 17.2 Å². The predicted octanol–water partition coefficient (Wildman–Crippen LogP) is 13.1. The summed E-state index contributed by atoms with van der Waals surface area (Å²) in [6.45, 7) is 10.4. The number of hydrogen-bond acceptors (Lipinski definition) is 7. The Morgan fingerprint density at radius 3 is 1.51 bits per heavy atom. The van der Waals surface area contributed by atoms with Gasteiger partial charge < -0.3 is 14.6 Å². The van der Waals surface area contributed by atoms with E-state index in [0.29, 0.717) is 72.9 Å². The number of nitrogens with one attached hydrogen (secondary N) is 1. The third-order valence-corrected chi connectivity index (χ3v) is 13.2. The first-order valence-electron chi connectivity index (χ1n) is 22.7. The molecular weight excluding hydrogens is 1040 g/mol. The van der Waals surface area contributed by atoms with Crippen molar-refractivity contribution in [1.82, 2.24) is 50.0 Å². The maximum absolute atomic E-state index is 14.0. The summed E-state index contributed by atoms with van der Waals surface area (Å²) in [6, 6.07) is 37.9. The Balaban J connectivity index is 0.000000188. The molecule has 5 heterocycles. The largest absolute Gasteiger partial charge is 0.329 e. The van der Waals surface area contributed by atoms with Crippen LogP contribution in [0.4, 0.5) is 8.78 Å². The average molecular weight is 1080 g/mol. The number of fused-ring (bicyclic) bond motifs is 2. The second-order valence-electron chi connectivity index (χ2n) is 16.8. The number of aromatic nitrogens is 8. The summed E-state index contributed by atoms with van der Waals surface area (Å²) in [7, 11) is 0. The summed E-state index contributed by atoms with van der Waals surface area (Å²) in [5.41, 5.74) is 8.83. The van der Waals surface area contributed by atoms with Crippen molar-refractivity contribution >= 4 is 58.2 Å². The van der Waals surface area contributed by atoms with Crippen LogP contribution >= 0.6 is 46.4 Å². The lowest BCUT2D eigenvalue weighted by atomic mass is 10.0. The molecule has 6 aromatic carbocycles. The lowest BCUT2D eigenvalue weighted by Crippen LogP contribution is -2.27. The van der Waals surface area contributed by atoms with Gasteiger partial charge in [-0.1, -0.05) is 120 Å². The fraction of sp³-hybridized carbons (Fsp3) is 0.143. The standard InChI is InChI=1S/C26H18Cl2FN7O.C26H17Cl2FN4O.C3H4.CH4/c27-18-8-5-15(6-9-18)25-20(12-23-30-33-34-31-23)24(32-36(25)22-4-2-1-3-21(22)28)26(37)35-13-16-7-10-19(29)11-17(16)14-35;1-30-13-21-24(26(34)32-14-17-8-11-20(29)12-18(17)15-32)31-33(23-5-3-2-4-22(23)28)25(21)16-6-9-19(27)10-7-16;1-3-2;/h1-11H,12-14H2,(H,30,31,33,34);2-12H,13-15H2;1H,2H3;1H4. The molecule has 2 aliphatic rings. The van der Waals surface area contributed by atoms with Crippen LogP contribution in [0, 0.1) is 30.6 Å². The average Bonchev–Trinajstić information content (AvgIpc) is 4.26. The van der Waals surface area contributed by atoms with Crippen molar-refractivity contribution in [2.24, 2.45) is 0 Å². The zero-order valence-electron chi connectivity index (χ0n) is 39.1. The van der Waals surface area contributed by atoms with Crippen LogP contribution < -0.4 is 0 Å². The van der Waals surface area contributed by atoms with E-state index in [0.717, 1.165) is 33.4 Å². The number of carbonyl (C=O) groups is 2. The molecule has 0 fully saturated rings. The first-order chi connectivity index (χ1) is 35.8. The SMILES string of the molecule is C.C#CC.O=C(c1nn(-c2ccccc2Cl)c(-c2ccc(Cl)cc2)c1Cc1nn[nH]n1)N1Cc2ccc(F)cc2C1.[C-]#[N+]Cc1c(C(=O)N2Cc3ccc(F)cc3C2)nn(-c2ccccc2Cl)c1-c1ccc(Cl)cc1. The van der Waals surface area contributed by atoms with Gasteiger partial charge >= 0.3 is 0 Å². The minimum atomic E-state index is -0.338. The van der Waals surface area contributed by atoms with Gasteiger partial charge in [0.25, 0.3) is 11.8 Å². The molecule has 0 saturated heterocycles. The minimum Gasteiger partial charge on any atom is -0.329 e. The summed E-state index contributed by atoms with van der Waals surface area (Å²) < 4.78 is 30.8. The molecule has 0 atom stereocenters. The summed E-state index contributed by atoms with van der Waals surface area (Å²) >= 11 is 25.3. The lowest BCUT2D eigenvalue weighted by Gasteiger charge is -2.15. The number of H-pyrrole nitrogens is 1. The fourth-order valence-corrected chi connectivity index (χ4v) is 9.46. The van der Waals surface area contributed by atoms with Crippen molar-refractivity contribution in [1.29, 1.82) is 0 Å². The van der Waals surface area contributed by atoms with E-state index in [2.05, 4.69) is 42.9 Å². The molecule has 13 nitrogen and oxygen atoms in total. The highest BCUT2D eigenvalue weighted by Crippen LogP contribution is 2.37. The van der Waals surface area contributed by atoms with Crippen LogP contribution in [0.3, 0.4) is 0 Å². The number of para-hydroxylation sites is 2. The van der Waals surface area contributed by atoms with Crippen LogP contribution in [-0.2, 0) is 39.1 Å². The van der Waals surface area contributed by atoms with Gasteiger partial charge in [-0.2, -0.15) is 15.4 Å². The van der Waals surface area contributed by atoms with E-state index in [-0.39, 0.29) is 68.3 Å². The number of terminal acetylenes is 1. The molecule has 2 aliphatic heterocycles. The number of aromatic amines is 1. The predicted molar refractivity (Wildman–Crippen MR) is 287 cm³/mol. The molecule has 19 heteroatoms. The van der Waals surface area contributed by atoms with Gasteiger partial charge in [-0.3, -0.25) is 9.59 Å². The molecule has 0 saturated carbocycles. The van der Waals surface area contributed by atoms with E-state index in [1.807, 2.05) is 54.6 Å². The molecule has 0 radical (unpaired) electrons. The highest BCUT2D eigenvalue weighted by Gasteiger charge is 2.34. The Hall–Kier alpha value is -8.18. The maximum atomic E-state index is 14.0. The van der Waals surface area contributed by atoms with Crippen molar-refractivity contribution in [3.05, 3.63) is 227 Å². The molecule has 75 heavy (non-hydrogen) atoms. The Kier molecular flexibility index (Phi) is 16.5. The second kappa shape index (κ2) is 23.4. The number of tetrazole rings is 1. The summed E-state index contributed by atoms with van der Waals surface area (Å²) in [5.74, 6) is 1.36. The summed E-state index contributed by atoms with van der Waals surface area (Å²) in [4.78, 5) is 34.5. The fourth-order valence-electron chi connectivity index (χ4n) is 8.77. The molecule has 3 aromatic heterocycles. The Morgan fingerprint density at radius 2 is 1.08 bits per heavy atom. The third kappa shape index (κ3) is 11.3. The lowest BCUT2D eigenvalue weighted by molar-refractivity contribution is 0.0737. The highest BCUT2D eigenvalue weighted by atomic mass is 35.5. The van der Waals surface area contributed by atoms with Crippen LogP contribution in [-0.4, -0.2) is 61.8 Å². The van der Waals surface area contributed by atoms with Crippen molar-refractivity contribution in [3.63, 3.8) is 0 Å². The molecule has 376 valence electrons. The first kappa shape index (κ1) is 53.1. The second-order valence-corrected chi connectivity index (χ2v) is 18.5. The Morgan fingerprint density at radius 1 is 0.653 bits per heavy atom. The van der Waals surface area contributed by atoms with Crippen molar-refractivity contribution < 1.29 is 18.4 Å². The summed E-state index contributed by atoms with van der Waals surface area (Å²) in [6.07, 6.45) is 4.79. The number of hydrogen-bond donors (Lipinski definition) is 1. The van der Waals surface area contributed by atoms with Crippen LogP contribution in [0.25, 0.3) is 38.7 Å². The molecule has 0 spiro atoms. The molecule has 11 rings (SSSR count). The molecular formula is C56H43Cl4F2N11O2. The van der Waals surface area contributed by atoms with Crippen LogP contribution in [0.5, 0.6) is 0 Å². The Bertz CT molecular complexity index is 3640. The zero-order valence-corrected chi connectivity index (χ0v) is 42.1. The smallest absolute Gasteiger partial charge is 0.275 e. The molecule has 0 aliphatic carbocycles. The number of amides is 2. The van der Waals surface area contributed by atoms with Gasteiger partial charge in [0, 0.05) is 59.3 Å². The number of benzene rings is 6. The van der Waals surface area contributed by atoms with Gasteiger partial charge in [0.2, 0.25) is 6.54 Å². The van der Waals surface area contributed by atoms with Crippen molar-refractivity contribution in [2.75, 3.05) is 0 Å². The van der Waals surface area contributed by atoms with Gasteiger partial charge in [0.05, 0.1) is 38.4 Å². The normalized spacial score (nSPS) is 12.0. The molecule has 2 amide bonds. The van der Waals surface area contributed by atoms with Crippen LogP contribution in [0.15, 0.2) is 133 Å². The minimum absolute atomic E-state index is 0. The quantitative estimate of drug-likeness (QED) is 0.112. The number of carbonyl (C=O) groups excluding carboxylic acids is 2. The third-order valence-electron chi connectivity index (χ3n) is 12.1. The van der Waals surface area contributed by atoms with Gasteiger partial charge in [0.1, 0.15) is 11.6 Å². The zero-order chi connectivity index (χ0) is 52.0. The van der Waals surface area contributed by atoms with E-state index >= 15 is 0 Å². The molecule has 0 bridgehead atoms. The number of nitrogens with zero attached hydrogens (tertiary/aromatic N) is 10. The van der Waals surface area contributed by atoms with Crippen molar-refractivity contribution in [3.8, 4) is 46.2 Å². The van der Waals surface area contributed by atoms with Crippen molar-refractivity contribution in [2.45, 2.75) is 53.5 Å². The maximum Gasteiger partial charge on any atom is 0.275 e. The van der Waals surface area contributed by atoms with Crippen LogP contribution in [0.2, 0.25) is 20.1 Å². The molecule has 9 aromatic rings. The first-order valence-corrected chi connectivity index (χ1v) is 24.2. The van der Waals surface area contributed by atoms with Gasteiger partial charge in [-0.05, 0) is 102 Å². The topological polar surface area (TPSA) is 135 Å². The van der Waals surface area contributed by atoms with E-state index in [4.69, 9.17) is 58.1 Å². The van der Waals surface area contributed by atoms with Gasteiger partial charge in [-0.15, -0.1) is 22.5 Å². The van der Waals surface area contributed by atoms with Crippen LogP contribution in [0.1, 0.15) is 74.5 Å². The highest BCUT2D eigenvalue weighted by molar-refractivity contribution is 6.33. The van der Waals surface area contributed by atoms with E-state index in [9.17, 15) is 18.4 Å². The number of rotatable bonds is 9. The Labute approximate surface area is 451 Å². The molecule has 0 unspecified atom stereocenters. The van der Waals surface area contributed by atoms with E-state index < -0.39 is 0 Å². The van der Waals surface area contributed by atoms with Gasteiger partial charge in [-0.25, -0.2) is 24.7 Å². The van der Waals surface area contributed by atoms with E-state index in [1.165, 1.54) is 24.3 Å². The number of halogens is 6.